The zero-order valence-electron chi connectivity index (χ0n) is 12.3. The maximum absolute atomic E-state index is 12.3. The third-order valence-corrected chi connectivity index (χ3v) is 5.38. The molecule has 1 rings (SSSR count). The van der Waals surface area contributed by atoms with E-state index < -0.39 is 15.4 Å². The van der Waals surface area contributed by atoms with Crippen molar-refractivity contribution in [2.24, 2.45) is 5.41 Å². The van der Waals surface area contributed by atoms with Gasteiger partial charge >= 0.3 is 0 Å². The van der Waals surface area contributed by atoms with E-state index in [1.807, 2.05) is 19.9 Å². The first-order chi connectivity index (χ1) is 9.84. The van der Waals surface area contributed by atoms with Gasteiger partial charge in [-0.15, -0.1) is 0 Å². The highest BCUT2D eigenvalue weighted by Gasteiger charge is 2.28. The molecule has 0 aliphatic carbocycles. The van der Waals surface area contributed by atoms with Crippen LogP contribution in [-0.4, -0.2) is 26.7 Å². The van der Waals surface area contributed by atoms with Gasteiger partial charge in [0, 0.05) is 18.6 Å². The molecule has 116 valence electrons. The fourth-order valence-corrected chi connectivity index (χ4v) is 3.24. The van der Waals surface area contributed by atoms with Crippen molar-refractivity contribution in [3.63, 3.8) is 0 Å². The molecule has 0 aromatic heterocycles. The van der Waals surface area contributed by atoms with Crippen molar-refractivity contribution in [2.45, 2.75) is 31.6 Å². The molecule has 6 nitrogen and oxygen atoms in total. The van der Waals surface area contributed by atoms with E-state index >= 15 is 0 Å². The third kappa shape index (κ3) is 3.94. The first-order valence-electron chi connectivity index (χ1n) is 6.74. The van der Waals surface area contributed by atoms with Gasteiger partial charge in [-0.1, -0.05) is 13.8 Å². The van der Waals surface area contributed by atoms with Crippen LogP contribution in [0.2, 0.25) is 0 Å². The second-order valence-electron chi connectivity index (χ2n) is 5.05. The third-order valence-electron chi connectivity index (χ3n) is 3.90. The highest BCUT2D eigenvalue weighted by atomic mass is 32.2. The molecule has 0 heterocycles. The molecule has 0 atom stereocenters. The van der Waals surface area contributed by atoms with Gasteiger partial charge in [0.05, 0.1) is 17.3 Å². The van der Waals surface area contributed by atoms with Crippen LogP contribution in [-0.2, 0) is 10.0 Å². The Hall–Kier alpha value is -1.62. The molecule has 0 amide bonds. The van der Waals surface area contributed by atoms with Gasteiger partial charge in [0.2, 0.25) is 10.0 Å². The van der Waals surface area contributed by atoms with Crippen LogP contribution in [0.1, 0.15) is 32.3 Å². The number of hydrogen-bond acceptors (Lipinski definition) is 5. The molecule has 0 saturated carbocycles. The molecule has 7 heteroatoms. The molecule has 0 unspecified atom stereocenters. The van der Waals surface area contributed by atoms with E-state index in [1.54, 1.807) is 0 Å². The van der Waals surface area contributed by atoms with Crippen molar-refractivity contribution in [1.82, 2.24) is 4.72 Å². The Morgan fingerprint density at radius 3 is 2.43 bits per heavy atom. The van der Waals surface area contributed by atoms with Gasteiger partial charge in [0.15, 0.2) is 0 Å². The SMILES string of the molecule is CCC(CC)(CO)CNS(=O)(=O)c1ccc(C#N)cc1N. The summed E-state index contributed by atoms with van der Waals surface area (Å²) in [5, 5.41) is 18.2. The lowest BCUT2D eigenvalue weighted by molar-refractivity contribution is 0.119. The zero-order valence-corrected chi connectivity index (χ0v) is 13.1. The second-order valence-corrected chi connectivity index (χ2v) is 6.79. The van der Waals surface area contributed by atoms with Gasteiger partial charge in [0.25, 0.3) is 0 Å². The average Bonchev–Trinajstić information content (AvgIpc) is 2.48. The number of sulfonamides is 1. The monoisotopic (exact) mass is 311 g/mol. The van der Waals surface area contributed by atoms with E-state index in [4.69, 9.17) is 11.0 Å². The summed E-state index contributed by atoms with van der Waals surface area (Å²) in [6.45, 7) is 3.86. The van der Waals surface area contributed by atoms with E-state index in [2.05, 4.69) is 4.72 Å². The van der Waals surface area contributed by atoms with Gasteiger partial charge in [-0.2, -0.15) is 5.26 Å². The lowest BCUT2D eigenvalue weighted by Gasteiger charge is -2.29. The van der Waals surface area contributed by atoms with E-state index in [0.717, 1.165) is 0 Å². The number of benzene rings is 1. The molecule has 4 N–H and O–H groups in total. The molecule has 0 aliphatic heterocycles. The van der Waals surface area contributed by atoms with Crippen molar-refractivity contribution in [3.05, 3.63) is 23.8 Å². The van der Waals surface area contributed by atoms with Crippen LogP contribution in [0.3, 0.4) is 0 Å². The number of rotatable bonds is 7. The Balaban J connectivity index is 3.00. The van der Waals surface area contributed by atoms with Gasteiger partial charge in [-0.05, 0) is 31.0 Å². The number of aliphatic hydroxyl groups is 1. The first-order valence-corrected chi connectivity index (χ1v) is 8.22. The average molecular weight is 311 g/mol. The predicted molar refractivity (Wildman–Crippen MR) is 80.9 cm³/mol. The zero-order chi connectivity index (χ0) is 16.1. The minimum atomic E-state index is -3.77. The normalized spacial score (nSPS) is 12.1. The minimum Gasteiger partial charge on any atom is -0.398 e. The van der Waals surface area contributed by atoms with Gasteiger partial charge in [0.1, 0.15) is 4.90 Å². The van der Waals surface area contributed by atoms with Crippen molar-refractivity contribution in [3.8, 4) is 6.07 Å². The lowest BCUT2D eigenvalue weighted by Crippen LogP contribution is -2.39. The Morgan fingerprint density at radius 1 is 1.38 bits per heavy atom. The number of aliphatic hydroxyl groups excluding tert-OH is 1. The molecule has 1 aromatic rings. The minimum absolute atomic E-state index is 0.0316. The quantitative estimate of drug-likeness (QED) is 0.655. The number of hydrogen-bond donors (Lipinski definition) is 3. The highest BCUT2D eigenvalue weighted by Crippen LogP contribution is 2.26. The van der Waals surface area contributed by atoms with Gasteiger partial charge in [-0.25, -0.2) is 13.1 Å². The molecule has 0 spiro atoms. The fraction of sp³-hybridized carbons (Fsp3) is 0.500. The molecule has 0 saturated heterocycles. The van der Waals surface area contributed by atoms with E-state index in [0.29, 0.717) is 18.4 Å². The van der Waals surface area contributed by atoms with Crippen LogP contribution >= 0.6 is 0 Å². The van der Waals surface area contributed by atoms with Crippen LogP contribution in [0.5, 0.6) is 0 Å². The molecule has 0 bridgehead atoms. The molecule has 21 heavy (non-hydrogen) atoms. The summed E-state index contributed by atoms with van der Waals surface area (Å²) < 4.78 is 27.1. The van der Waals surface area contributed by atoms with Crippen molar-refractivity contribution >= 4 is 15.7 Å². The Morgan fingerprint density at radius 2 is 2.00 bits per heavy atom. The largest absolute Gasteiger partial charge is 0.398 e. The summed E-state index contributed by atoms with van der Waals surface area (Å²) in [4.78, 5) is -0.0551. The van der Waals surface area contributed by atoms with Crippen LogP contribution < -0.4 is 10.5 Å². The van der Waals surface area contributed by atoms with Crippen LogP contribution in [0.4, 0.5) is 5.69 Å². The number of nitrogens with zero attached hydrogens (tertiary/aromatic N) is 1. The standard InChI is InChI=1S/C14H21N3O3S/c1-3-14(4-2,10-18)9-17-21(19,20)13-6-5-11(8-15)7-12(13)16/h5-7,17-18H,3-4,9-10,16H2,1-2H3. The number of nitrogens with two attached hydrogens (primary N) is 1. The Bertz CT molecular complexity index is 623. The van der Waals surface area contributed by atoms with E-state index in [1.165, 1.54) is 18.2 Å². The number of nitrogens with one attached hydrogen (secondary N) is 1. The van der Waals surface area contributed by atoms with Crippen LogP contribution in [0, 0.1) is 16.7 Å². The predicted octanol–water partition coefficient (Wildman–Crippen LogP) is 1.22. The van der Waals surface area contributed by atoms with E-state index in [-0.39, 0.29) is 23.7 Å². The summed E-state index contributed by atoms with van der Waals surface area (Å²) in [7, 11) is -3.77. The number of anilines is 1. The molecular weight excluding hydrogens is 290 g/mol. The molecule has 1 aromatic carbocycles. The topological polar surface area (TPSA) is 116 Å². The maximum Gasteiger partial charge on any atom is 0.242 e. The fourth-order valence-electron chi connectivity index (χ4n) is 1.97. The molecule has 0 radical (unpaired) electrons. The Kier molecular flexibility index (Phi) is 5.72. The summed E-state index contributed by atoms with van der Waals surface area (Å²) >= 11 is 0. The van der Waals surface area contributed by atoms with Crippen molar-refractivity contribution in [2.75, 3.05) is 18.9 Å². The summed E-state index contributed by atoms with van der Waals surface area (Å²) in [6, 6.07) is 5.95. The van der Waals surface area contributed by atoms with Crippen molar-refractivity contribution < 1.29 is 13.5 Å². The highest BCUT2D eigenvalue weighted by molar-refractivity contribution is 7.89. The van der Waals surface area contributed by atoms with Gasteiger partial charge < -0.3 is 10.8 Å². The van der Waals surface area contributed by atoms with Crippen LogP contribution in [0.15, 0.2) is 23.1 Å². The molecular formula is C14H21N3O3S. The molecule has 0 aliphatic rings. The van der Waals surface area contributed by atoms with Crippen molar-refractivity contribution in [1.29, 1.82) is 5.26 Å². The summed E-state index contributed by atoms with van der Waals surface area (Å²) in [5.74, 6) is 0. The Labute approximate surface area is 125 Å². The van der Waals surface area contributed by atoms with E-state index in [9.17, 15) is 13.5 Å². The number of nitrogen functional groups attached to an aromatic ring is 1. The summed E-state index contributed by atoms with van der Waals surface area (Å²) in [5.41, 5.74) is 5.56. The number of nitriles is 1. The maximum atomic E-state index is 12.3. The molecule has 0 fully saturated rings. The first kappa shape index (κ1) is 17.4. The lowest BCUT2D eigenvalue weighted by atomic mass is 9.84. The van der Waals surface area contributed by atoms with Crippen LogP contribution in [0.25, 0.3) is 0 Å². The smallest absolute Gasteiger partial charge is 0.242 e. The summed E-state index contributed by atoms with van der Waals surface area (Å²) in [6.07, 6.45) is 1.32. The second kappa shape index (κ2) is 6.89. The van der Waals surface area contributed by atoms with Gasteiger partial charge in [-0.3, -0.25) is 0 Å².